The van der Waals surface area contributed by atoms with E-state index in [0.29, 0.717) is 17.8 Å². The van der Waals surface area contributed by atoms with Gasteiger partial charge in [-0.25, -0.2) is 4.79 Å². The summed E-state index contributed by atoms with van der Waals surface area (Å²) in [7, 11) is 1.40. The van der Waals surface area contributed by atoms with E-state index < -0.39 is 0 Å². The Hall–Kier alpha value is -0.910. The van der Waals surface area contributed by atoms with Crippen LogP contribution in [0.2, 0.25) is 0 Å². The monoisotopic (exact) mass is 339 g/mol. The smallest absolute Gasteiger partial charge is 0.337 e. The van der Waals surface area contributed by atoms with Crippen LogP contribution < -0.4 is 0 Å². The van der Waals surface area contributed by atoms with Crippen molar-refractivity contribution < 1.29 is 14.3 Å². The molecule has 2 aliphatic rings. The molecule has 20 heavy (non-hydrogen) atoms. The van der Waals surface area contributed by atoms with Gasteiger partial charge < -0.3 is 9.47 Å². The standard InChI is InChI=1S/C15H18BrNO3/c1-19-15(18)10-2-3-11(14(16)6-10)7-17-8-12-4-5-13(9-17)20-12/h2-3,6,12-13H,4-5,7-9H2,1H3. The average molecular weight is 340 g/mol. The van der Waals surface area contributed by atoms with Gasteiger partial charge in [-0.2, -0.15) is 0 Å². The SMILES string of the molecule is COC(=O)c1ccc(CN2CC3CCC(C2)O3)c(Br)c1. The number of esters is 1. The summed E-state index contributed by atoms with van der Waals surface area (Å²) in [5.41, 5.74) is 1.77. The molecule has 2 atom stereocenters. The van der Waals surface area contributed by atoms with Gasteiger partial charge in [0.15, 0.2) is 0 Å². The summed E-state index contributed by atoms with van der Waals surface area (Å²) in [6, 6.07) is 5.64. The highest BCUT2D eigenvalue weighted by molar-refractivity contribution is 9.10. The molecule has 0 aliphatic carbocycles. The largest absolute Gasteiger partial charge is 0.465 e. The molecule has 5 heteroatoms. The summed E-state index contributed by atoms with van der Waals surface area (Å²) in [5.74, 6) is -0.304. The molecule has 2 aliphatic heterocycles. The fourth-order valence-corrected chi connectivity index (χ4v) is 3.49. The molecule has 108 valence electrons. The Balaban J connectivity index is 1.70. The van der Waals surface area contributed by atoms with Gasteiger partial charge in [-0.15, -0.1) is 0 Å². The number of morpholine rings is 1. The maximum atomic E-state index is 11.5. The Labute approximate surface area is 127 Å². The van der Waals surface area contributed by atoms with E-state index in [4.69, 9.17) is 9.47 Å². The second-order valence-corrected chi connectivity index (χ2v) is 6.30. The molecule has 0 N–H and O–H groups in total. The van der Waals surface area contributed by atoms with Gasteiger partial charge in [0.25, 0.3) is 0 Å². The molecular formula is C15H18BrNO3. The maximum absolute atomic E-state index is 11.5. The normalized spacial score (nSPS) is 25.7. The molecule has 1 aromatic rings. The lowest BCUT2D eigenvalue weighted by Gasteiger charge is -2.32. The van der Waals surface area contributed by atoms with E-state index in [1.54, 1.807) is 0 Å². The third-order valence-corrected chi connectivity index (χ3v) is 4.73. The molecule has 4 nitrogen and oxygen atoms in total. The lowest BCUT2D eigenvalue weighted by Crippen LogP contribution is -2.42. The van der Waals surface area contributed by atoms with Gasteiger partial charge in [0.05, 0.1) is 24.9 Å². The van der Waals surface area contributed by atoms with Crippen molar-refractivity contribution in [1.82, 2.24) is 4.90 Å². The number of nitrogens with zero attached hydrogens (tertiary/aromatic N) is 1. The van der Waals surface area contributed by atoms with Crippen LogP contribution in [0.3, 0.4) is 0 Å². The van der Waals surface area contributed by atoms with Gasteiger partial charge in [0, 0.05) is 24.1 Å². The predicted octanol–water partition coefficient (Wildman–Crippen LogP) is 2.60. The van der Waals surface area contributed by atoms with E-state index in [2.05, 4.69) is 20.8 Å². The van der Waals surface area contributed by atoms with Crippen LogP contribution in [0.1, 0.15) is 28.8 Å². The molecule has 0 radical (unpaired) electrons. The maximum Gasteiger partial charge on any atom is 0.337 e. The molecule has 0 spiro atoms. The number of carbonyl (C=O) groups excluding carboxylic acids is 1. The lowest BCUT2D eigenvalue weighted by atomic mass is 10.1. The van der Waals surface area contributed by atoms with Crippen molar-refractivity contribution in [2.24, 2.45) is 0 Å². The molecule has 0 amide bonds. The number of hydrogen-bond donors (Lipinski definition) is 0. The number of ether oxygens (including phenoxy) is 2. The minimum atomic E-state index is -0.304. The Morgan fingerprint density at radius 3 is 2.70 bits per heavy atom. The average Bonchev–Trinajstić information content (AvgIpc) is 2.79. The van der Waals surface area contributed by atoms with Crippen LogP contribution in [-0.2, 0) is 16.0 Å². The van der Waals surface area contributed by atoms with Crippen LogP contribution in [0, 0.1) is 0 Å². The lowest BCUT2D eigenvalue weighted by molar-refractivity contribution is -0.0411. The van der Waals surface area contributed by atoms with Gasteiger partial charge in [-0.1, -0.05) is 22.0 Å². The van der Waals surface area contributed by atoms with E-state index >= 15 is 0 Å². The second-order valence-electron chi connectivity index (χ2n) is 5.45. The molecule has 0 aromatic heterocycles. The van der Waals surface area contributed by atoms with Crippen molar-refractivity contribution in [2.45, 2.75) is 31.6 Å². The summed E-state index contributed by atoms with van der Waals surface area (Å²) in [5, 5.41) is 0. The Bertz CT molecular complexity index is 508. The van der Waals surface area contributed by atoms with Crippen molar-refractivity contribution in [3.63, 3.8) is 0 Å². The van der Waals surface area contributed by atoms with Gasteiger partial charge in [0.2, 0.25) is 0 Å². The van der Waals surface area contributed by atoms with E-state index in [-0.39, 0.29) is 5.97 Å². The molecule has 3 rings (SSSR count). The number of carbonyl (C=O) groups is 1. The zero-order valence-corrected chi connectivity index (χ0v) is 13.1. The Kier molecular flexibility index (Phi) is 4.10. The number of likely N-dealkylation sites (tertiary alicyclic amines) is 1. The molecule has 1 aromatic carbocycles. The van der Waals surface area contributed by atoms with Crippen LogP contribution >= 0.6 is 15.9 Å². The molecule has 2 saturated heterocycles. The number of benzene rings is 1. The van der Waals surface area contributed by atoms with Crippen LogP contribution in [0.25, 0.3) is 0 Å². The zero-order valence-electron chi connectivity index (χ0n) is 11.5. The highest BCUT2D eigenvalue weighted by atomic mass is 79.9. The van der Waals surface area contributed by atoms with E-state index in [1.165, 1.54) is 25.5 Å². The topological polar surface area (TPSA) is 38.8 Å². The fourth-order valence-electron chi connectivity index (χ4n) is 2.99. The number of methoxy groups -OCH3 is 1. The predicted molar refractivity (Wildman–Crippen MR) is 78.7 cm³/mol. The molecular weight excluding hydrogens is 322 g/mol. The van der Waals surface area contributed by atoms with Crippen molar-refractivity contribution in [3.05, 3.63) is 33.8 Å². The number of halogens is 1. The number of hydrogen-bond acceptors (Lipinski definition) is 4. The summed E-state index contributed by atoms with van der Waals surface area (Å²) in [4.78, 5) is 13.9. The molecule has 2 fully saturated rings. The minimum Gasteiger partial charge on any atom is -0.465 e. The second kappa shape index (κ2) is 5.84. The van der Waals surface area contributed by atoms with Crippen LogP contribution in [-0.4, -0.2) is 43.3 Å². The first kappa shape index (κ1) is 14.0. The van der Waals surface area contributed by atoms with Gasteiger partial charge in [-0.05, 0) is 30.5 Å². The quantitative estimate of drug-likeness (QED) is 0.793. The number of rotatable bonds is 3. The van der Waals surface area contributed by atoms with E-state index in [1.807, 2.05) is 18.2 Å². The Morgan fingerprint density at radius 1 is 1.40 bits per heavy atom. The molecule has 2 bridgehead atoms. The third-order valence-electron chi connectivity index (χ3n) is 3.99. The van der Waals surface area contributed by atoms with Gasteiger partial charge >= 0.3 is 5.97 Å². The first-order valence-corrected chi connectivity index (χ1v) is 7.69. The summed E-state index contributed by atoms with van der Waals surface area (Å²) in [6.07, 6.45) is 3.18. The van der Waals surface area contributed by atoms with E-state index in [0.717, 1.165) is 24.1 Å². The minimum absolute atomic E-state index is 0.304. The first-order chi connectivity index (χ1) is 9.65. The Morgan fingerprint density at radius 2 is 2.10 bits per heavy atom. The number of fused-ring (bicyclic) bond motifs is 2. The summed E-state index contributed by atoms with van der Waals surface area (Å²) in [6.45, 7) is 2.89. The third kappa shape index (κ3) is 2.90. The first-order valence-electron chi connectivity index (χ1n) is 6.90. The molecule has 2 heterocycles. The van der Waals surface area contributed by atoms with Gasteiger partial charge in [-0.3, -0.25) is 4.90 Å². The van der Waals surface area contributed by atoms with Crippen molar-refractivity contribution in [1.29, 1.82) is 0 Å². The zero-order chi connectivity index (χ0) is 14.1. The highest BCUT2D eigenvalue weighted by Crippen LogP contribution is 2.28. The van der Waals surface area contributed by atoms with Crippen molar-refractivity contribution in [2.75, 3.05) is 20.2 Å². The molecule has 0 saturated carbocycles. The van der Waals surface area contributed by atoms with Crippen LogP contribution in [0.5, 0.6) is 0 Å². The van der Waals surface area contributed by atoms with Crippen LogP contribution in [0.4, 0.5) is 0 Å². The van der Waals surface area contributed by atoms with Crippen LogP contribution in [0.15, 0.2) is 22.7 Å². The van der Waals surface area contributed by atoms with Crippen molar-refractivity contribution in [3.8, 4) is 0 Å². The van der Waals surface area contributed by atoms with Crippen molar-refractivity contribution >= 4 is 21.9 Å². The summed E-state index contributed by atoms with van der Waals surface area (Å²) >= 11 is 3.55. The van der Waals surface area contributed by atoms with Gasteiger partial charge in [0.1, 0.15) is 0 Å². The summed E-state index contributed by atoms with van der Waals surface area (Å²) < 4.78 is 11.5. The van der Waals surface area contributed by atoms with E-state index in [9.17, 15) is 4.79 Å². The highest BCUT2D eigenvalue weighted by Gasteiger charge is 2.33. The fraction of sp³-hybridized carbons (Fsp3) is 0.533. The molecule has 2 unspecified atom stereocenters.